The fourth-order valence-electron chi connectivity index (χ4n) is 2.56. The van der Waals surface area contributed by atoms with Crippen molar-refractivity contribution in [1.29, 1.82) is 0 Å². The van der Waals surface area contributed by atoms with Gasteiger partial charge in [0.05, 0.1) is 0 Å². The van der Waals surface area contributed by atoms with E-state index in [0.717, 1.165) is 23.4 Å². The molecule has 0 unspecified atom stereocenters. The molecule has 2 aromatic rings. The molecule has 0 saturated carbocycles. The number of hydrogen-bond acceptors (Lipinski definition) is 5. The van der Waals surface area contributed by atoms with Gasteiger partial charge >= 0.3 is 0 Å². The maximum Gasteiger partial charge on any atom is 0.150 e. The summed E-state index contributed by atoms with van der Waals surface area (Å²) < 4.78 is 51.9. The second kappa shape index (κ2) is 11.5. The molecule has 1 saturated heterocycles. The average molecular weight is 434 g/mol. The Kier molecular flexibility index (Phi) is 9.43. The SMILES string of the molecule is CSc1ccc(F)cc1.NSc1cc(F)c(NCCCN2CC(F)C2)c(F)c1. The Morgan fingerprint density at radius 2 is 1.68 bits per heavy atom. The van der Waals surface area contributed by atoms with Crippen molar-refractivity contribution in [2.24, 2.45) is 5.14 Å². The lowest BCUT2D eigenvalue weighted by atomic mass is 10.2. The number of likely N-dealkylation sites (tertiary alicyclic amines) is 1. The zero-order valence-corrected chi connectivity index (χ0v) is 17.1. The molecule has 1 heterocycles. The minimum absolute atomic E-state index is 0.134. The standard InChI is InChI=1S/C12H16F3N3S.C7H7FS/c13-8-6-18(7-8)3-1-2-17-12-10(14)4-9(19-16)5-11(12)15;1-9-7-4-2-6(8)3-5-7/h4-5,8,17H,1-3,6-7,16H2;2-5H,1H3. The van der Waals surface area contributed by atoms with Crippen LogP contribution in [0.5, 0.6) is 0 Å². The normalized spacial score (nSPS) is 14.2. The highest BCUT2D eigenvalue weighted by molar-refractivity contribution is 7.98. The molecule has 0 aliphatic carbocycles. The molecule has 1 aliphatic rings. The summed E-state index contributed by atoms with van der Waals surface area (Å²) in [7, 11) is 0. The van der Waals surface area contributed by atoms with Crippen molar-refractivity contribution in [2.75, 3.05) is 37.8 Å². The maximum atomic E-state index is 13.6. The van der Waals surface area contributed by atoms with E-state index in [1.54, 1.807) is 23.9 Å². The molecule has 0 amide bonds. The molecule has 28 heavy (non-hydrogen) atoms. The van der Waals surface area contributed by atoms with Crippen LogP contribution in [0.4, 0.5) is 23.2 Å². The summed E-state index contributed by atoms with van der Waals surface area (Å²) in [5.41, 5.74) is -0.134. The van der Waals surface area contributed by atoms with Crippen LogP contribution in [0.25, 0.3) is 0 Å². The van der Waals surface area contributed by atoms with Gasteiger partial charge in [-0.3, -0.25) is 10.0 Å². The molecule has 3 N–H and O–H groups in total. The van der Waals surface area contributed by atoms with E-state index in [2.05, 4.69) is 5.32 Å². The van der Waals surface area contributed by atoms with Crippen LogP contribution in [-0.4, -0.2) is 43.5 Å². The summed E-state index contributed by atoms with van der Waals surface area (Å²) >= 11 is 2.41. The molecule has 154 valence electrons. The first kappa shape index (κ1) is 22.9. The van der Waals surface area contributed by atoms with Gasteiger partial charge in [-0.05, 0) is 61.0 Å². The van der Waals surface area contributed by atoms with Crippen molar-refractivity contribution in [2.45, 2.75) is 22.4 Å². The quantitative estimate of drug-likeness (QED) is 0.280. The summed E-state index contributed by atoms with van der Waals surface area (Å²) in [5.74, 6) is -1.48. The van der Waals surface area contributed by atoms with E-state index in [1.165, 1.54) is 24.3 Å². The molecule has 1 aliphatic heterocycles. The zero-order chi connectivity index (χ0) is 20.5. The van der Waals surface area contributed by atoms with Gasteiger partial charge in [0.2, 0.25) is 0 Å². The van der Waals surface area contributed by atoms with Crippen molar-refractivity contribution >= 4 is 29.4 Å². The lowest BCUT2D eigenvalue weighted by Gasteiger charge is -2.34. The lowest BCUT2D eigenvalue weighted by Crippen LogP contribution is -2.48. The van der Waals surface area contributed by atoms with Gasteiger partial charge in [0.15, 0.2) is 0 Å². The molecular weight excluding hydrogens is 410 g/mol. The molecule has 0 radical (unpaired) electrons. The van der Waals surface area contributed by atoms with E-state index < -0.39 is 17.8 Å². The maximum absolute atomic E-state index is 13.6. The summed E-state index contributed by atoms with van der Waals surface area (Å²) in [6.07, 6.45) is 1.95. The van der Waals surface area contributed by atoms with Crippen LogP contribution in [0.3, 0.4) is 0 Å². The van der Waals surface area contributed by atoms with E-state index in [0.29, 0.717) is 31.0 Å². The first-order valence-electron chi connectivity index (χ1n) is 8.68. The molecule has 0 atom stereocenters. The molecule has 0 bridgehead atoms. The topological polar surface area (TPSA) is 41.3 Å². The number of nitrogens with zero attached hydrogens (tertiary/aromatic N) is 1. The summed E-state index contributed by atoms with van der Waals surface area (Å²) in [6.45, 7) is 2.10. The van der Waals surface area contributed by atoms with Gasteiger partial charge in [-0.1, -0.05) is 0 Å². The number of alkyl halides is 1. The van der Waals surface area contributed by atoms with Gasteiger partial charge in [0.1, 0.15) is 29.3 Å². The van der Waals surface area contributed by atoms with Crippen molar-refractivity contribution < 1.29 is 17.6 Å². The first-order valence-corrected chi connectivity index (χ1v) is 10.8. The summed E-state index contributed by atoms with van der Waals surface area (Å²) in [6, 6.07) is 8.84. The lowest BCUT2D eigenvalue weighted by molar-refractivity contribution is 0.0657. The highest BCUT2D eigenvalue weighted by Gasteiger charge is 2.25. The number of halogens is 4. The first-order chi connectivity index (χ1) is 13.4. The van der Waals surface area contributed by atoms with Crippen LogP contribution in [0.2, 0.25) is 0 Å². The van der Waals surface area contributed by atoms with Crippen LogP contribution in [0.15, 0.2) is 46.2 Å². The number of nitrogens with one attached hydrogen (secondary N) is 1. The molecule has 1 fully saturated rings. The van der Waals surface area contributed by atoms with E-state index in [-0.39, 0.29) is 11.5 Å². The number of nitrogens with two attached hydrogens (primary N) is 1. The highest BCUT2D eigenvalue weighted by Crippen LogP contribution is 2.24. The molecule has 9 heteroatoms. The Hall–Kier alpha value is -1.42. The molecular formula is C19H23F4N3S2. The average Bonchev–Trinajstić information content (AvgIpc) is 2.66. The minimum Gasteiger partial charge on any atom is -0.380 e. The Labute approximate surface area is 171 Å². The van der Waals surface area contributed by atoms with Gasteiger partial charge in [-0.25, -0.2) is 17.6 Å². The van der Waals surface area contributed by atoms with E-state index in [1.807, 2.05) is 11.2 Å². The molecule has 2 aromatic carbocycles. The van der Waals surface area contributed by atoms with Crippen LogP contribution in [0.1, 0.15) is 6.42 Å². The van der Waals surface area contributed by atoms with Gasteiger partial charge in [0.25, 0.3) is 0 Å². The van der Waals surface area contributed by atoms with Crippen molar-refractivity contribution in [3.63, 3.8) is 0 Å². The number of rotatable bonds is 7. The number of thioether (sulfide) groups is 1. The van der Waals surface area contributed by atoms with Crippen molar-refractivity contribution in [3.05, 3.63) is 53.8 Å². The summed E-state index contributed by atoms with van der Waals surface area (Å²) in [5, 5.41) is 7.98. The third kappa shape index (κ3) is 7.20. The van der Waals surface area contributed by atoms with Gasteiger partial charge in [-0.15, -0.1) is 11.8 Å². The number of anilines is 1. The Morgan fingerprint density at radius 1 is 1.07 bits per heavy atom. The van der Waals surface area contributed by atoms with E-state index >= 15 is 0 Å². The van der Waals surface area contributed by atoms with Crippen LogP contribution in [-0.2, 0) is 0 Å². The molecule has 0 spiro atoms. The molecule has 3 rings (SSSR count). The monoisotopic (exact) mass is 433 g/mol. The molecule has 3 nitrogen and oxygen atoms in total. The van der Waals surface area contributed by atoms with Crippen molar-refractivity contribution in [3.8, 4) is 0 Å². The molecule has 0 aromatic heterocycles. The Balaban J connectivity index is 0.000000261. The minimum atomic E-state index is -0.718. The van der Waals surface area contributed by atoms with Gasteiger partial charge < -0.3 is 5.32 Å². The highest BCUT2D eigenvalue weighted by atomic mass is 32.2. The van der Waals surface area contributed by atoms with Crippen LogP contribution >= 0.6 is 23.7 Å². The number of benzene rings is 2. The number of hydrogen-bond donors (Lipinski definition) is 2. The third-order valence-corrected chi connectivity index (χ3v) is 5.32. The fourth-order valence-corrected chi connectivity index (χ4v) is 3.31. The predicted octanol–water partition coefficient (Wildman–Crippen LogP) is 4.93. The Bertz CT molecular complexity index is 717. The smallest absolute Gasteiger partial charge is 0.150 e. The van der Waals surface area contributed by atoms with Gasteiger partial charge in [0, 0.05) is 36.0 Å². The van der Waals surface area contributed by atoms with Gasteiger partial charge in [-0.2, -0.15) is 0 Å². The Morgan fingerprint density at radius 3 is 2.18 bits per heavy atom. The third-order valence-electron chi connectivity index (χ3n) is 4.07. The fraction of sp³-hybridized carbons (Fsp3) is 0.368. The largest absolute Gasteiger partial charge is 0.380 e. The van der Waals surface area contributed by atoms with E-state index in [4.69, 9.17) is 5.14 Å². The van der Waals surface area contributed by atoms with Crippen LogP contribution < -0.4 is 10.5 Å². The zero-order valence-electron chi connectivity index (χ0n) is 15.4. The predicted molar refractivity (Wildman–Crippen MR) is 109 cm³/mol. The van der Waals surface area contributed by atoms with Crippen LogP contribution in [0, 0.1) is 17.5 Å². The van der Waals surface area contributed by atoms with E-state index in [9.17, 15) is 17.6 Å². The van der Waals surface area contributed by atoms with Crippen molar-refractivity contribution in [1.82, 2.24) is 4.90 Å². The summed E-state index contributed by atoms with van der Waals surface area (Å²) in [4.78, 5) is 3.40. The second-order valence-electron chi connectivity index (χ2n) is 6.18. The second-order valence-corrected chi connectivity index (χ2v) is 7.76.